The van der Waals surface area contributed by atoms with E-state index in [1.807, 2.05) is 35.0 Å². The number of hydrazone groups is 2. The second-order valence-corrected chi connectivity index (χ2v) is 5.39. The van der Waals surface area contributed by atoms with Crippen molar-refractivity contribution in [2.24, 2.45) is 10.2 Å². The highest BCUT2D eigenvalue weighted by Gasteiger charge is 2.10. The molecule has 0 saturated carbocycles. The Kier molecular flexibility index (Phi) is 5.15. The highest BCUT2D eigenvalue weighted by molar-refractivity contribution is 7.12. The zero-order chi connectivity index (χ0) is 14.2. The van der Waals surface area contributed by atoms with Crippen LogP contribution in [-0.4, -0.2) is 24.2 Å². The van der Waals surface area contributed by atoms with Crippen molar-refractivity contribution in [2.75, 3.05) is 0 Å². The molecule has 0 aliphatic rings. The lowest BCUT2D eigenvalue weighted by molar-refractivity contribution is -0.139. The minimum Gasteiger partial charge on any atom is -0.262 e. The van der Waals surface area contributed by atoms with Gasteiger partial charge in [0.1, 0.15) is 0 Å². The molecule has 8 heteroatoms. The van der Waals surface area contributed by atoms with Gasteiger partial charge in [0, 0.05) is 9.75 Å². The Balaban J connectivity index is 1.76. The van der Waals surface area contributed by atoms with E-state index in [0.29, 0.717) is 0 Å². The van der Waals surface area contributed by atoms with Gasteiger partial charge >= 0.3 is 11.8 Å². The molecule has 0 fully saturated rings. The van der Waals surface area contributed by atoms with E-state index in [4.69, 9.17) is 0 Å². The summed E-state index contributed by atoms with van der Waals surface area (Å²) in [5.74, 6) is -1.75. The van der Waals surface area contributed by atoms with Crippen LogP contribution in [0.15, 0.2) is 45.2 Å². The summed E-state index contributed by atoms with van der Waals surface area (Å²) in [7, 11) is 0. The number of amides is 2. The molecule has 6 nitrogen and oxygen atoms in total. The summed E-state index contributed by atoms with van der Waals surface area (Å²) < 4.78 is 0. The largest absolute Gasteiger partial charge is 0.331 e. The second kappa shape index (κ2) is 7.31. The lowest BCUT2D eigenvalue weighted by atomic mass is 10.5. The quantitative estimate of drug-likeness (QED) is 0.508. The van der Waals surface area contributed by atoms with E-state index in [2.05, 4.69) is 21.1 Å². The third kappa shape index (κ3) is 4.41. The first-order valence-corrected chi connectivity index (χ1v) is 7.25. The molecule has 0 unspecified atom stereocenters. The van der Waals surface area contributed by atoms with Crippen molar-refractivity contribution in [2.45, 2.75) is 0 Å². The fourth-order valence-corrected chi connectivity index (χ4v) is 2.31. The van der Waals surface area contributed by atoms with Crippen molar-refractivity contribution < 1.29 is 9.59 Å². The Morgan fingerprint density at radius 2 is 1.35 bits per heavy atom. The monoisotopic (exact) mass is 306 g/mol. The maximum atomic E-state index is 11.4. The fourth-order valence-electron chi connectivity index (χ4n) is 1.14. The lowest BCUT2D eigenvalue weighted by Gasteiger charge is -1.97. The van der Waals surface area contributed by atoms with Crippen LogP contribution >= 0.6 is 22.7 Å². The number of hydrogen-bond acceptors (Lipinski definition) is 6. The van der Waals surface area contributed by atoms with E-state index in [-0.39, 0.29) is 0 Å². The SMILES string of the molecule is O=C(N/N=C/c1cccs1)C(=O)N/N=C/c1cccs1. The third-order valence-corrected chi connectivity index (χ3v) is 3.62. The van der Waals surface area contributed by atoms with Crippen molar-refractivity contribution in [1.29, 1.82) is 0 Å². The van der Waals surface area contributed by atoms with E-state index in [9.17, 15) is 9.59 Å². The van der Waals surface area contributed by atoms with Crippen LogP contribution in [0.25, 0.3) is 0 Å². The molecular weight excluding hydrogens is 296 g/mol. The summed E-state index contributed by atoms with van der Waals surface area (Å²) in [5, 5.41) is 11.1. The molecule has 0 bridgehead atoms. The Bertz CT molecular complexity index is 562. The molecule has 0 aliphatic carbocycles. The normalized spacial score (nSPS) is 11.0. The Morgan fingerprint density at radius 3 is 1.70 bits per heavy atom. The summed E-state index contributed by atoms with van der Waals surface area (Å²) in [6.45, 7) is 0. The standard InChI is InChI=1S/C12H10N4O2S2/c17-11(15-13-7-9-3-1-5-19-9)12(18)16-14-8-10-4-2-6-20-10/h1-8H,(H,15,17)(H,16,18)/b13-7+,14-8+. The van der Waals surface area contributed by atoms with Crippen molar-refractivity contribution in [1.82, 2.24) is 10.9 Å². The number of hydrogen-bond donors (Lipinski definition) is 2. The van der Waals surface area contributed by atoms with Crippen LogP contribution in [0.3, 0.4) is 0 Å². The van der Waals surface area contributed by atoms with Crippen LogP contribution in [0.5, 0.6) is 0 Å². The molecule has 102 valence electrons. The van der Waals surface area contributed by atoms with E-state index >= 15 is 0 Å². The van der Waals surface area contributed by atoms with Gasteiger partial charge in [-0.15, -0.1) is 22.7 Å². The van der Waals surface area contributed by atoms with Gasteiger partial charge < -0.3 is 0 Å². The number of nitrogens with zero attached hydrogens (tertiary/aromatic N) is 2. The van der Waals surface area contributed by atoms with E-state index < -0.39 is 11.8 Å². The lowest BCUT2D eigenvalue weighted by Crippen LogP contribution is -2.35. The van der Waals surface area contributed by atoms with Crippen molar-refractivity contribution >= 4 is 46.9 Å². The van der Waals surface area contributed by atoms with Crippen LogP contribution in [0.1, 0.15) is 9.75 Å². The second-order valence-electron chi connectivity index (χ2n) is 3.43. The van der Waals surface area contributed by atoms with E-state index in [1.165, 1.54) is 35.1 Å². The van der Waals surface area contributed by atoms with Crippen molar-refractivity contribution in [3.8, 4) is 0 Å². The molecule has 2 rings (SSSR count). The van der Waals surface area contributed by atoms with Gasteiger partial charge in [-0.25, -0.2) is 10.9 Å². The molecule has 2 amide bonds. The average Bonchev–Trinajstić information content (AvgIpc) is 3.11. The molecule has 2 heterocycles. The topological polar surface area (TPSA) is 82.9 Å². The van der Waals surface area contributed by atoms with Gasteiger partial charge in [0.15, 0.2) is 0 Å². The first kappa shape index (κ1) is 14.1. The smallest absolute Gasteiger partial charge is 0.262 e. The summed E-state index contributed by atoms with van der Waals surface area (Å²) in [4.78, 5) is 24.5. The molecule has 0 atom stereocenters. The summed E-state index contributed by atoms with van der Waals surface area (Å²) in [5.41, 5.74) is 4.24. The molecule has 0 aliphatic heterocycles. The van der Waals surface area contributed by atoms with Crippen LogP contribution in [0, 0.1) is 0 Å². The fraction of sp³-hybridized carbons (Fsp3) is 0. The molecule has 0 aromatic carbocycles. The number of carbonyl (C=O) groups is 2. The highest BCUT2D eigenvalue weighted by Crippen LogP contribution is 2.04. The maximum Gasteiger partial charge on any atom is 0.331 e. The summed E-state index contributed by atoms with van der Waals surface area (Å²) in [6, 6.07) is 7.40. The molecule has 0 spiro atoms. The third-order valence-electron chi connectivity index (χ3n) is 2.01. The Morgan fingerprint density at radius 1 is 0.900 bits per heavy atom. The number of carbonyl (C=O) groups excluding carboxylic acids is 2. The van der Waals surface area contributed by atoms with Crippen LogP contribution in [0.2, 0.25) is 0 Å². The summed E-state index contributed by atoms with van der Waals surface area (Å²) in [6.07, 6.45) is 2.93. The van der Waals surface area contributed by atoms with E-state index in [0.717, 1.165) is 9.75 Å². The molecule has 2 aromatic heterocycles. The van der Waals surface area contributed by atoms with Crippen molar-refractivity contribution in [3.05, 3.63) is 44.8 Å². The van der Waals surface area contributed by atoms with Gasteiger partial charge in [-0.05, 0) is 22.9 Å². The van der Waals surface area contributed by atoms with Gasteiger partial charge in [0.2, 0.25) is 0 Å². The zero-order valence-electron chi connectivity index (χ0n) is 10.1. The van der Waals surface area contributed by atoms with Crippen LogP contribution < -0.4 is 10.9 Å². The Labute approximate surface area is 122 Å². The maximum absolute atomic E-state index is 11.4. The van der Waals surface area contributed by atoms with Gasteiger partial charge in [-0.1, -0.05) is 12.1 Å². The Hall–Kier alpha value is -2.32. The highest BCUT2D eigenvalue weighted by atomic mass is 32.1. The summed E-state index contributed by atoms with van der Waals surface area (Å²) >= 11 is 2.94. The number of nitrogens with one attached hydrogen (secondary N) is 2. The zero-order valence-corrected chi connectivity index (χ0v) is 11.8. The predicted octanol–water partition coefficient (Wildman–Crippen LogP) is 1.41. The molecule has 2 aromatic rings. The molecule has 0 radical (unpaired) electrons. The first-order chi connectivity index (χ1) is 9.75. The number of thiophene rings is 2. The van der Waals surface area contributed by atoms with Crippen molar-refractivity contribution in [3.63, 3.8) is 0 Å². The molecular formula is C12H10N4O2S2. The molecule has 0 saturated heterocycles. The minimum absolute atomic E-state index is 0.874. The van der Waals surface area contributed by atoms with Gasteiger partial charge in [0.25, 0.3) is 0 Å². The van der Waals surface area contributed by atoms with Crippen LogP contribution in [-0.2, 0) is 9.59 Å². The average molecular weight is 306 g/mol. The van der Waals surface area contributed by atoms with Gasteiger partial charge in [0.05, 0.1) is 12.4 Å². The predicted molar refractivity (Wildman–Crippen MR) is 80.1 cm³/mol. The minimum atomic E-state index is -0.874. The van der Waals surface area contributed by atoms with Gasteiger partial charge in [-0.3, -0.25) is 9.59 Å². The first-order valence-electron chi connectivity index (χ1n) is 5.49. The molecule has 2 N–H and O–H groups in total. The van der Waals surface area contributed by atoms with Gasteiger partial charge in [-0.2, -0.15) is 10.2 Å². The number of rotatable bonds is 4. The van der Waals surface area contributed by atoms with Crippen LogP contribution in [0.4, 0.5) is 0 Å². The molecule has 20 heavy (non-hydrogen) atoms. The van der Waals surface area contributed by atoms with E-state index in [1.54, 1.807) is 0 Å².